The minimum absolute atomic E-state index is 0.0323. The van der Waals surface area contributed by atoms with Crippen molar-refractivity contribution in [2.24, 2.45) is 5.92 Å². The first-order chi connectivity index (χ1) is 23.2. The standard InChI is InChI=1S/C42H64N2O7/c1-16-18-33(45)43-39(8,9)22-29(23-40(43,10)11)50-36(48)31(20-28-21-32(38(5,6)7)35(47)27(4)26(28)3)37(49)51-30-24-41(12,13)44(34(46)19-17-2)42(14,15)25-30/h16-19,21,29-31,47H,20,22-25H2,1-15H3. The topological polar surface area (TPSA) is 113 Å². The van der Waals surface area contributed by atoms with Crippen LogP contribution in [0.15, 0.2) is 30.4 Å². The Labute approximate surface area is 306 Å². The van der Waals surface area contributed by atoms with Crippen molar-refractivity contribution in [3.63, 3.8) is 0 Å². The predicted octanol–water partition coefficient (Wildman–Crippen LogP) is 7.80. The lowest BCUT2D eigenvalue weighted by Crippen LogP contribution is -2.64. The Morgan fingerprint density at radius 2 is 1.10 bits per heavy atom. The predicted molar refractivity (Wildman–Crippen MR) is 201 cm³/mol. The molecule has 1 aromatic rings. The van der Waals surface area contributed by atoms with Crippen molar-refractivity contribution in [2.45, 2.75) is 176 Å². The molecule has 2 amide bonds. The number of benzene rings is 1. The van der Waals surface area contributed by atoms with Gasteiger partial charge in [-0.3, -0.25) is 19.2 Å². The van der Waals surface area contributed by atoms with Crippen LogP contribution in [-0.4, -0.2) is 73.0 Å². The summed E-state index contributed by atoms with van der Waals surface area (Å²) in [4.78, 5) is 58.6. The number of esters is 2. The van der Waals surface area contributed by atoms with Gasteiger partial charge < -0.3 is 24.4 Å². The average molecular weight is 709 g/mol. The number of rotatable bonds is 8. The molecule has 0 atom stereocenters. The van der Waals surface area contributed by atoms with E-state index >= 15 is 0 Å². The highest BCUT2D eigenvalue weighted by atomic mass is 16.6. The molecule has 51 heavy (non-hydrogen) atoms. The Kier molecular flexibility index (Phi) is 12.1. The molecule has 2 aliphatic heterocycles. The Bertz CT molecular complexity index is 1460. The van der Waals surface area contributed by atoms with Crippen LogP contribution in [0.4, 0.5) is 0 Å². The molecule has 2 fully saturated rings. The summed E-state index contributed by atoms with van der Waals surface area (Å²) in [5.41, 5.74) is 0.0883. The van der Waals surface area contributed by atoms with Gasteiger partial charge in [0.05, 0.1) is 0 Å². The van der Waals surface area contributed by atoms with E-state index in [4.69, 9.17) is 9.47 Å². The first kappa shape index (κ1) is 41.8. The molecule has 0 aromatic heterocycles. The van der Waals surface area contributed by atoms with Gasteiger partial charge in [-0.2, -0.15) is 0 Å². The van der Waals surface area contributed by atoms with Crippen LogP contribution < -0.4 is 0 Å². The Morgan fingerprint density at radius 3 is 1.41 bits per heavy atom. The summed E-state index contributed by atoms with van der Waals surface area (Å²) in [5.74, 6) is -2.62. The zero-order valence-electron chi connectivity index (χ0n) is 33.9. The lowest BCUT2D eigenvalue weighted by molar-refractivity contribution is -0.179. The van der Waals surface area contributed by atoms with Gasteiger partial charge >= 0.3 is 11.9 Å². The lowest BCUT2D eigenvalue weighted by Gasteiger charge is -2.54. The van der Waals surface area contributed by atoms with E-state index in [-0.39, 0.29) is 24.0 Å². The van der Waals surface area contributed by atoms with Gasteiger partial charge in [0.2, 0.25) is 11.8 Å². The highest BCUT2D eigenvalue weighted by Crippen LogP contribution is 2.43. The van der Waals surface area contributed by atoms with Crippen molar-refractivity contribution in [2.75, 3.05) is 0 Å². The van der Waals surface area contributed by atoms with Gasteiger partial charge in [-0.1, -0.05) is 39.0 Å². The number of hydrogen-bond acceptors (Lipinski definition) is 7. The highest BCUT2D eigenvalue weighted by molar-refractivity contribution is 5.95. The minimum Gasteiger partial charge on any atom is -0.507 e. The summed E-state index contributed by atoms with van der Waals surface area (Å²) in [6, 6.07) is 1.89. The van der Waals surface area contributed by atoms with Crippen LogP contribution in [0.25, 0.3) is 0 Å². The molecule has 0 spiro atoms. The third kappa shape index (κ3) is 9.07. The molecule has 2 saturated heterocycles. The molecule has 0 bridgehead atoms. The van der Waals surface area contributed by atoms with E-state index in [1.807, 2.05) is 120 Å². The van der Waals surface area contributed by atoms with Crippen LogP contribution in [0.3, 0.4) is 0 Å². The van der Waals surface area contributed by atoms with E-state index in [1.54, 1.807) is 24.3 Å². The van der Waals surface area contributed by atoms with E-state index in [1.165, 1.54) is 0 Å². The number of phenols is 1. The second kappa shape index (κ2) is 14.8. The molecular weight excluding hydrogens is 644 g/mol. The third-order valence-corrected chi connectivity index (χ3v) is 10.7. The number of nitrogens with zero attached hydrogens (tertiary/aromatic N) is 2. The molecule has 2 aliphatic rings. The van der Waals surface area contributed by atoms with Crippen molar-refractivity contribution in [1.29, 1.82) is 0 Å². The third-order valence-electron chi connectivity index (χ3n) is 10.7. The normalized spacial score (nSPS) is 21.2. The molecule has 3 rings (SSSR count). The Hall–Kier alpha value is -3.62. The number of amides is 2. The van der Waals surface area contributed by atoms with Gasteiger partial charge in [-0.05, 0) is 129 Å². The molecule has 1 aromatic carbocycles. The van der Waals surface area contributed by atoms with Gasteiger partial charge in [-0.25, -0.2) is 0 Å². The van der Waals surface area contributed by atoms with E-state index in [9.17, 15) is 24.3 Å². The Morgan fingerprint density at radius 1 is 0.745 bits per heavy atom. The number of carbonyl (C=O) groups is 4. The summed E-state index contributed by atoms with van der Waals surface area (Å²) in [7, 11) is 0. The number of ether oxygens (including phenoxy) is 2. The van der Waals surface area contributed by atoms with Gasteiger partial charge in [0.1, 0.15) is 18.0 Å². The zero-order chi connectivity index (χ0) is 39.1. The van der Waals surface area contributed by atoms with Crippen molar-refractivity contribution >= 4 is 23.8 Å². The zero-order valence-corrected chi connectivity index (χ0v) is 33.9. The Balaban J connectivity index is 2.01. The van der Waals surface area contributed by atoms with Gasteiger partial charge in [0.25, 0.3) is 0 Å². The number of hydrogen-bond donors (Lipinski definition) is 1. The molecule has 9 nitrogen and oxygen atoms in total. The number of carbonyl (C=O) groups excluding carboxylic acids is 4. The summed E-state index contributed by atoms with van der Waals surface area (Å²) >= 11 is 0. The second-order valence-electron chi connectivity index (χ2n) is 18.2. The molecule has 284 valence electrons. The minimum atomic E-state index is -1.27. The summed E-state index contributed by atoms with van der Waals surface area (Å²) in [6.45, 7) is 29.1. The second-order valence-corrected chi connectivity index (χ2v) is 18.2. The van der Waals surface area contributed by atoms with Crippen LogP contribution in [0.1, 0.15) is 138 Å². The van der Waals surface area contributed by atoms with Crippen LogP contribution in [0.2, 0.25) is 0 Å². The summed E-state index contributed by atoms with van der Waals surface area (Å²) in [6.07, 6.45) is 7.11. The lowest BCUT2D eigenvalue weighted by atomic mass is 9.77. The fourth-order valence-corrected chi connectivity index (χ4v) is 8.90. The van der Waals surface area contributed by atoms with Crippen molar-refractivity contribution in [3.05, 3.63) is 52.6 Å². The number of allylic oxidation sites excluding steroid dienone is 2. The maximum absolute atomic E-state index is 14.3. The van der Waals surface area contributed by atoms with Crippen molar-refractivity contribution in [1.82, 2.24) is 9.80 Å². The fourth-order valence-electron chi connectivity index (χ4n) is 8.90. The summed E-state index contributed by atoms with van der Waals surface area (Å²) in [5, 5.41) is 11.1. The van der Waals surface area contributed by atoms with Crippen LogP contribution >= 0.6 is 0 Å². The van der Waals surface area contributed by atoms with Crippen LogP contribution in [0, 0.1) is 19.8 Å². The van der Waals surface area contributed by atoms with Gasteiger partial charge in [-0.15, -0.1) is 0 Å². The van der Waals surface area contributed by atoms with E-state index in [0.29, 0.717) is 31.2 Å². The molecular formula is C42H64N2O7. The number of piperidine rings is 2. The maximum atomic E-state index is 14.3. The number of likely N-dealkylation sites (tertiary alicyclic amines) is 2. The van der Waals surface area contributed by atoms with E-state index in [2.05, 4.69) is 0 Å². The number of phenolic OH excluding ortho intramolecular Hbond substituents is 1. The van der Waals surface area contributed by atoms with Crippen molar-refractivity contribution < 1.29 is 33.8 Å². The maximum Gasteiger partial charge on any atom is 0.320 e. The SMILES string of the molecule is CC=CC(=O)N1C(C)(C)CC(OC(=O)C(Cc2cc(C(C)(C)C)c(O)c(C)c2C)C(=O)OC2CC(C)(C)N(C(=O)C=CC)C(C)(C)C2)CC1(C)C. The molecule has 2 heterocycles. The van der Waals surface area contributed by atoms with Crippen molar-refractivity contribution in [3.8, 4) is 5.75 Å². The van der Waals surface area contributed by atoms with Crippen LogP contribution in [-0.2, 0) is 40.5 Å². The van der Waals surface area contributed by atoms with E-state index < -0.39 is 57.6 Å². The highest BCUT2D eigenvalue weighted by Gasteiger charge is 2.51. The molecule has 0 saturated carbocycles. The van der Waals surface area contributed by atoms with Gasteiger partial charge in [0, 0.05) is 47.8 Å². The average Bonchev–Trinajstić information content (AvgIpc) is 2.92. The summed E-state index contributed by atoms with van der Waals surface area (Å²) < 4.78 is 12.5. The molecule has 0 radical (unpaired) electrons. The quantitative estimate of drug-likeness (QED) is 0.167. The molecule has 0 unspecified atom stereocenters. The first-order valence-corrected chi connectivity index (χ1v) is 18.4. The smallest absolute Gasteiger partial charge is 0.320 e. The molecule has 9 heteroatoms. The number of aromatic hydroxyl groups is 1. The van der Waals surface area contributed by atoms with E-state index in [0.717, 1.165) is 16.7 Å². The first-order valence-electron chi connectivity index (χ1n) is 18.4. The largest absolute Gasteiger partial charge is 0.507 e. The fraction of sp³-hybridized carbons (Fsp3) is 0.667. The molecule has 0 aliphatic carbocycles. The monoisotopic (exact) mass is 708 g/mol. The molecule has 1 N–H and O–H groups in total. The van der Waals surface area contributed by atoms with Gasteiger partial charge in [0.15, 0.2) is 5.92 Å². The van der Waals surface area contributed by atoms with Crippen LogP contribution in [0.5, 0.6) is 5.75 Å².